The van der Waals surface area contributed by atoms with Gasteiger partial charge in [0.1, 0.15) is 0 Å². The molecular weight excluding hydrogens is 386 g/mol. The van der Waals surface area contributed by atoms with E-state index < -0.39 is 10.0 Å². The van der Waals surface area contributed by atoms with E-state index in [1.54, 1.807) is 36.4 Å². The molecule has 7 heteroatoms. The molecule has 0 saturated carbocycles. The van der Waals surface area contributed by atoms with Gasteiger partial charge in [0.25, 0.3) is 15.9 Å². The van der Waals surface area contributed by atoms with Gasteiger partial charge in [0.05, 0.1) is 10.6 Å². The predicted octanol–water partition coefficient (Wildman–Crippen LogP) is 2.93. The largest absolute Gasteiger partial charge is 0.336 e. The zero-order chi connectivity index (χ0) is 21.0. The van der Waals surface area contributed by atoms with E-state index in [4.69, 9.17) is 0 Å². The van der Waals surface area contributed by atoms with E-state index in [0.29, 0.717) is 30.3 Å². The van der Waals surface area contributed by atoms with Crippen molar-refractivity contribution in [2.75, 3.05) is 44.1 Å². The molecule has 1 aliphatic heterocycles. The number of carbonyl (C=O) groups excluding carboxylic acids is 1. The normalized spacial score (nSPS) is 15.5. The van der Waals surface area contributed by atoms with Crippen LogP contribution in [-0.4, -0.2) is 63.9 Å². The van der Waals surface area contributed by atoms with Gasteiger partial charge in [-0.05, 0) is 36.2 Å². The summed E-state index contributed by atoms with van der Waals surface area (Å²) in [4.78, 5) is 17.2. The molecular formula is C22H29N3O3S. The minimum absolute atomic E-state index is 0.117. The molecule has 0 radical (unpaired) electrons. The average molecular weight is 416 g/mol. The highest BCUT2D eigenvalue weighted by atomic mass is 32.2. The quantitative estimate of drug-likeness (QED) is 0.728. The van der Waals surface area contributed by atoms with Crippen molar-refractivity contribution < 1.29 is 13.2 Å². The third-order valence-corrected chi connectivity index (χ3v) is 6.92. The van der Waals surface area contributed by atoms with E-state index in [-0.39, 0.29) is 10.8 Å². The number of nitrogens with zero attached hydrogens (tertiary/aromatic N) is 3. The second-order valence-electron chi connectivity index (χ2n) is 7.82. The van der Waals surface area contributed by atoms with Crippen LogP contribution in [0.25, 0.3) is 0 Å². The molecule has 1 heterocycles. The number of para-hydroxylation sites is 1. The Morgan fingerprint density at radius 1 is 1.00 bits per heavy atom. The zero-order valence-corrected chi connectivity index (χ0v) is 18.1. The van der Waals surface area contributed by atoms with Gasteiger partial charge < -0.3 is 4.90 Å². The van der Waals surface area contributed by atoms with Gasteiger partial charge in [-0.25, -0.2) is 8.42 Å². The first-order valence-electron chi connectivity index (χ1n) is 9.94. The lowest BCUT2D eigenvalue weighted by Gasteiger charge is -2.35. The van der Waals surface area contributed by atoms with E-state index in [2.05, 4.69) is 18.7 Å². The van der Waals surface area contributed by atoms with Crippen LogP contribution in [0, 0.1) is 5.92 Å². The summed E-state index contributed by atoms with van der Waals surface area (Å²) in [5.74, 6) is 0.481. The molecule has 2 aromatic carbocycles. The van der Waals surface area contributed by atoms with Crippen LogP contribution in [0.3, 0.4) is 0 Å². The van der Waals surface area contributed by atoms with Crippen molar-refractivity contribution in [3.8, 4) is 0 Å². The lowest BCUT2D eigenvalue weighted by molar-refractivity contribution is 0.0623. The molecule has 0 aromatic heterocycles. The standard InChI is InChI=1S/C22H29N3O3S/c1-18(2)17-24-12-14-25(15-13-24)22(26)19-8-7-11-21(16-19)29(27,28)23(3)20-9-5-4-6-10-20/h4-11,16,18H,12-15,17H2,1-3H3. The molecule has 0 atom stereocenters. The van der Waals surface area contributed by atoms with Gasteiger partial charge in [-0.3, -0.25) is 14.0 Å². The molecule has 1 fully saturated rings. The fourth-order valence-electron chi connectivity index (χ4n) is 3.56. The van der Waals surface area contributed by atoms with E-state index in [0.717, 1.165) is 19.6 Å². The maximum atomic E-state index is 13.0. The molecule has 0 aliphatic carbocycles. The molecule has 0 bridgehead atoms. The highest BCUT2D eigenvalue weighted by molar-refractivity contribution is 7.92. The van der Waals surface area contributed by atoms with Crippen LogP contribution >= 0.6 is 0 Å². The first kappa shape index (κ1) is 21.3. The monoisotopic (exact) mass is 415 g/mol. The minimum atomic E-state index is -3.75. The Morgan fingerprint density at radius 2 is 1.66 bits per heavy atom. The predicted molar refractivity (Wildman–Crippen MR) is 116 cm³/mol. The summed E-state index contributed by atoms with van der Waals surface area (Å²) in [6.45, 7) is 8.42. The molecule has 0 unspecified atom stereocenters. The first-order chi connectivity index (χ1) is 13.8. The molecule has 3 rings (SSSR count). The van der Waals surface area contributed by atoms with Crippen LogP contribution in [0.1, 0.15) is 24.2 Å². The topological polar surface area (TPSA) is 60.9 Å². The smallest absolute Gasteiger partial charge is 0.264 e. The van der Waals surface area contributed by atoms with Gasteiger partial charge >= 0.3 is 0 Å². The third kappa shape index (κ3) is 4.97. The fourth-order valence-corrected chi connectivity index (χ4v) is 4.80. The fraction of sp³-hybridized carbons (Fsp3) is 0.409. The Bertz CT molecular complexity index is 937. The van der Waals surface area contributed by atoms with Crippen LogP contribution < -0.4 is 4.31 Å². The van der Waals surface area contributed by atoms with E-state index in [1.165, 1.54) is 23.5 Å². The second-order valence-corrected chi connectivity index (χ2v) is 9.79. The van der Waals surface area contributed by atoms with Crippen molar-refractivity contribution in [2.24, 2.45) is 5.92 Å². The summed E-state index contributed by atoms with van der Waals surface area (Å²) in [6.07, 6.45) is 0. The van der Waals surface area contributed by atoms with E-state index in [1.807, 2.05) is 11.0 Å². The molecule has 156 valence electrons. The Kier molecular flexibility index (Phi) is 6.59. The number of rotatable bonds is 6. The van der Waals surface area contributed by atoms with Crippen molar-refractivity contribution in [1.29, 1.82) is 0 Å². The highest BCUT2D eigenvalue weighted by Gasteiger charge is 2.25. The van der Waals surface area contributed by atoms with Crippen molar-refractivity contribution in [3.63, 3.8) is 0 Å². The summed E-state index contributed by atoms with van der Waals surface area (Å²) in [7, 11) is -2.23. The number of piperazine rings is 1. The third-order valence-electron chi connectivity index (χ3n) is 5.14. The number of amides is 1. The van der Waals surface area contributed by atoms with Gasteiger partial charge in [-0.2, -0.15) is 0 Å². The number of hydrogen-bond acceptors (Lipinski definition) is 4. The molecule has 1 amide bonds. The number of anilines is 1. The van der Waals surface area contributed by atoms with Gasteiger partial charge in [0, 0.05) is 45.3 Å². The van der Waals surface area contributed by atoms with Crippen LogP contribution in [-0.2, 0) is 10.0 Å². The summed E-state index contributed by atoms with van der Waals surface area (Å²) in [5, 5.41) is 0. The van der Waals surface area contributed by atoms with Crippen LogP contribution in [0.15, 0.2) is 59.5 Å². The summed E-state index contributed by atoms with van der Waals surface area (Å²) in [6, 6.07) is 15.2. The second kappa shape index (κ2) is 8.97. The highest BCUT2D eigenvalue weighted by Crippen LogP contribution is 2.23. The maximum Gasteiger partial charge on any atom is 0.264 e. The number of benzene rings is 2. The summed E-state index contributed by atoms with van der Waals surface area (Å²) in [5.41, 5.74) is 0.982. The maximum absolute atomic E-state index is 13.0. The zero-order valence-electron chi connectivity index (χ0n) is 17.3. The van der Waals surface area contributed by atoms with E-state index >= 15 is 0 Å². The van der Waals surface area contributed by atoms with E-state index in [9.17, 15) is 13.2 Å². The Balaban J connectivity index is 1.75. The molecule has 0 N–H and O–H groups in total. The lowest BCUT2D eigenvalue weighted by atomic mass is 10.1. The average Bonchev–Trinajstić information content (AvgIpc) is 2.73. The first-order valence-corrected chi connectivity index (χ1v) is 11.4. The van der Waals surface area contributed by atoms with Crippen molar-refractivity contribution in [2.45, 2.75) is 18.7 Å². The molecule has 2 aromatic rings. The Hall–Kier alpha value is -2.38. The molecule has 6 nitrogen and oxygen atoms in total. The van der Waals surface area contributed by atoms with Crippen molar-refractivity contribution in [1.82, 2.24) is 9.80 Å². The lowest BCUT2D eigenvalue weighted by Crippen LogP contribution is -2.49. The molecule has 29 heavy (non-hydrogen) atoms. The van der Waals surface area contributed by atoms with Crippen molar-refractivity contribution >= 4 is 21.6 Å². The summed E-state index contributed by atoms with van der Waals surface area (Å²) >= 11 is 0. The summed E-state index contributed by atoms with van der Waals surface area (Å²) < 4.78 is 27.3. The van der Waals surface area contributed by atoms with Crippen molar-refractivity contribution in [3.05, 3.63) is 60.2 Å². The molecule has 1 saturated heterocycles. The molecule has 1 aliphatic rings. The Labute approximate surface area is 173 Å². The van der Waals surface area contributed by atoms with Crippen LogP contribution in [0.2, 0.25) is 0 Å². The Morgan fingerprint density at radius 3 is 2.28 bits per heavy atom. The van der Waals surface area contributed by atoms with Gasteiger partial charge in [0.2, 0.25) is 0 Å². The van der Waals surface area contributed by atoms with Gasteiger partial charge in [-0.1, -0.05) is 38.1 Å². The van der Waals surface area contributed by atoms with Crippen LogP contribution in [0.5, 0.6) is 0 Å². The molecule has 0 spiro atoms. The minimum Gasteiger partial charge on any atom is -0.336 e. The van der Waals surface area contributed by atoms with Gasteiger partial charge in [0.15, 0.2) is 0 Å². The number of sulfonamides is 1. The SMILES string of the molecule is CC(C)CN1CCN(C(=O)c2cccc(S(=O)(=O)N(C)c3ccccc3)c2)CC1. The van der Waals surface area contributed by atoms with Gasteiger partial charge in [-0.15, -0.1) is 0 Å². The number of hydrogen-bond donors (Lipinski definition) is 0. The van der Waals surface area contributed by atoms with Crippen LogP contribution in [0.4, 0.5) is 5.69 Å². The number of carbonyl (C=O) groups is 1.